The number of nitrogens with one attached hydrogen (secondary N) is 1. The summed E-state index contributed by atoms with van der Waals surface area (Å²) in [6, 6.07) is 0. The van der Waals surface area contributed by atoms with Crippen LogP contribution in [-0.4, -0.2) is 30.2 Å². The second kappa shape index (κ2) is 4.75. The lowest BCUT2D eigenvalue weighted by Gasteiger charge is -2.39. The van der Waals surface area contributed by atoms with Gasteiger partial charge in [0.2, 0.25) is 5.91 Å². The summed E-state index contributed by atoms with van der Waals surface area (Å²) in [5, 5.41) is 12.0. The lowest BCUT2D eigenvalue weighted by Crippen LogP contribution is -2.51. The number of rotatable bonds is 5. The molecule has 4 heteroatoms. The Labute approximate surface area is 84.9 Å². The van der Waals surface area contributed by atoms with Crippen molar-refractivity contribution in [3.63, 3.8) is 0 Å². The molecule has 82 valence electrons. The summed E-state index contributed by atoms with van der Waals surface area (Å²) in [5.41, 5.74) is 5.26. The van der Waals surface area contributed by atoms with Crippen LogP contribution in [0.4, 0.5) is 0 Å². The van der Waals surface area contributed by atoms with Crippen molar-refractivity contribution in [3.05, 3.63) is 0 Å². The van der Waals surface area contributed by atoms with Gasteiger partial charge >= 0.3 is 0 Å². The highest BCUT2D eigenvalue weighted by molar-refractivity contribution is 5.83. The van der Waals surface area contributed by atoms with Crippen molar-refractivity contribution < 1.29 is 9.90 Å². The zero-order valence-corrected chi connectivity index (χ0v) is 8.75. The van der Waals surface area contributed by atoms with E-state index in [-0.39, 0.29) is 11.3 Å². The SMILES string of the molecule is CCC(O)CNC(=O)C1(CN)CCC1. The first-order valence-corrected chi connectivity index (χ1v) is 5.31. The molecule has 1 amide bonds. The molecule has 4 nitrogen and oxygen atoms in total. The standard InChI is InChI=1S/C10H20N2O2/c1-2-8(13)6-12-9(14)10(7-11)4-3-5-10/h8,13H,2-7,11H2,1H3,(H,12,14). The van der Waals surface area contributed by atoms with E-state index in [1.165, 1.54) is 0 Å². The number of hydrogen-bond donors (Lipinski definition) is 3. The fourth-order valence-electron chi connectivity index (χ4n) is 1.67. The Bertz CT molecular complexity index is 197. The number of aliphatic hydroxyl groups excluding tert-OH is 1. The smallest absolute Gasteiger partial charge is 0.227 e. The lowest BCUT2D eigenvalue weighted by molar-refractivity contribution is -0.135. The van der Waals surface area contributed by atoms with Crippen LogP contribution in [0, 0.1) is 5.41 Å². The molecule has 14 heavy (non-hydrogen) atoms. The van der Waals surface area contributed by atoms with E-state index in [1.807, 2.05) is 6.92 Å². The van der Waals surface area contributed by atoms with Crippen LogP contribution in [0.2, 0.25) is 0 Å². The number of carbonyl (C=O) groups excluding carboxylic acids is 1. The van der Waals surface area contributed by atoms with Gasteiger partial charge in [-0.1, -0.05) is 13.3 Å². The van der Waals surface area contributed by atoms with Crippen LogP contribution in [0.25, 0.3) is 0 Å². The van der Waals surface area contributed by atoms with Crippen molar-refractivity contribution in [3.8, 4) is 0 Å². The topological polar surface area (TPSA) is 75.3 Å². The monoisotopic (exact) mass is 200 g/mol. The molecule has 0 heterocycles. The zero-order chi connectivity index (χ0) is 10.6. The van der Waals surface area contributed by atoms with Gasteiger partial charge in [0.05, 0.1) is 11.5 Å². The fraction of sp³-hybridized carbons (Fsp3) is 0.900. The van der Waals surface area contributed by atoms with Gasteiger partial charge in [0.1, 0.15) is 0 Å². The first-order chi connectivity index (χ1) is 6.64. The van der Waals surface area contributed by atoms with Crippen LogP contribution in [-0.2, 0) is 4.79 Å². The van der Waals surface area contributed by atoms with Crippen molar-refractivity contribution in [2.24, 2.45) is 11.1 Å². The molecule has 0 aromatic carbocycles. The number of carbonyl (C=O) groups is 1. The summed E-state index contributed by atoms with van der Waals surface area (Å²) in [4.78, 5) is 11.7. The lowest BCUT2D eigenvalue weighted by atomic mass is 9.68. The normalized spacial score (nSPS) is 21.1. The van der Waals surface area contributed by atoms with Crippen LogP contribution in [0.15, 0.2) is 0 Å². The second-order valence-electron chi connectivity index (χ2n) is 4.11. The third kappa shape index (κ3) is 2.25. The first-order valence-electron chi connectivity index (χ1n) is 5.31. The van der Waals surface area contributed by atoms with Gasteiger partial charge in [-0.25, -0.2) is 0 Å². The molecule has 0 saturated heterocycles. The van der Waals surface area contributed by atoms with Crippen LogP contribution in [0.5, 0.6) is 0 Å². The number of hydrogen-bond acceptors (Lipinski definition) is 3. The van der Waals surface area contributed by atoms with Gasteiger partial charge in [0.25, 0.3) is 0 Å². The van der Waals surface area contributed by atoms with E-state index in [4.69, 9.17) is 5.73 Å². The highest BCUT2D eigenvalue weighted by Crippen LogP contribution is 2.39. The average molecular weight is 200 g/mol. The van der Waals surface area contributed by atoms with E-state index >= 15 is 0 Å². The fourth-order valence-corrected chi connectivity index (χ4v) is 1.67. The summed E-state index contributed by atoms with van der Waals surface area (Å²) in [5.74, 6) is 0.0127. The molecule has 1 atom stereocenters. The molecule has 1 aliphatic rings. The molecule has 0 spiro atoms. The molecule has 0 aromatic rings. The van der Waals surface area contributed by atoms with Crippen LogP contribution < -0.4 is 11.1 Å². The average Bonchev–Trinajstić information content (AvgIpc) is 2.13. The van der Waals surface area contributed by atoms with Crippen molar-refractivity contribution in [2.45, 2.75) is 38.7 Å². The van der Waals surface area contributed by atoms with Crippen molar-refractivity contribution in [1.29, 1.82) is 0 Å². The zero-order valence-electron chi connectivity index (χ0n) is 8.75. The van der Waals surface area contributed by atoms with E-state index in [9.17, 15) is 9.90 Å². The maximum atomic E-state index is 11.7. The van der Waals surface area contributed by atoms with E-state index in [1.54, 1.807) is 0 Å². The van der Waals surface area contributed by atoms with Gasteiger partial charge in [0, 0.05) is 13.1 Å². The van der Waals surface area contributed by atoms with Crippen LogP contribution in [0.1, 0.15) is 32.6 Å². The highest BCUT2D eigenvalue weighted by atomic mass is 16.3. The number of aliphatic hydroxyl groups is 1. The number of amides is 1. The van der Waals surface area contributed by atoms with Gasteiger partial charge in [0.15, 0.2) is 0 Å². The Kier molecular flexibility index (Phi) is 3.89. The molecule has 1 saturated carbocycles. The first kappa shape index (κ1) is 11.5. The van der Waals surface area contributed by atoms with Crippen molar-refractivity contribution >= 4 is 5.91 Å². The maximum absolute atomic E-state index is 11.7. The molecule has 0 aromatic heterocycles. The van der Waals surface area contributed by atoms with Gasteiger partial charge in [-0.3, -0.25) is 4.79 Å². The minimum atomic E-state index is -0.436. The quantitative estimate of drug-likeness (QED) is 0.585. The summed E-state index contributed by atoms with van der Waals surface area (Å²) >= 11 is 0. The molecular weight excluding hydrogens is 180 g/mol. The van der Waals surface area contributed by atoms with Crippen LogP contribution >= 0.6 is 0 Å². The second-order valence-corrected chi connectivity index (χ2v) is 4.11. The van der Waals surface area contributed by atoms with Crippen LogP contribution in [0.3, 0.4) is 0 Å². The van der Waals surface area contributed by atoms with Crippen molar-refractivity contribution in [1.82, 2.24) is 5.32 Å². The maximum Gasteiger partial charge on any atom is 0.227 e. The van der Waals surface area contributed by atoms with Gasteiger partial charge < -0.3 is 16.2 Å². The molecule has 4 N–H and O–H groups in total. The van der Waals surface area contributed by atoms with Crippen molar-refractivity contribution in [2.75, 3.05) is 13.1 Å². The molecule has 0 radical (unpaired) electrons. The predicted octanol–water partition coefficient (Wildman–Crippen LogP) is 0.00250. The Hall–Kier alpha value is -0.610. The van der Waals surface area contributed by atoms with Gasteiger partial charge in [-0.05, 0) is 19.3 Å². The molecule has 0 aliphatic heterocycles. The Balaban J connectivity index is 2.34. The van der Waals surface area contributed by atoms with E-state index < -0.39 is 6.10 Å². The van der Waals surface area contributed by atoms with E-state index in [0.29, 0.717) is 19.5 Å². The minimum absolute atomic E-state index is 0.0127. The molecular formula is C10H20N2O2. The molecule has 0 bridgehead atoms. The highest BCUT2D eigenvalue weighted by Gasteiger charge is 2.42. The summed E-state index contributed by atoms with van der Waals surface area (Å²) in [7, 11) is 0. The van der Waals surface area contributed by atoms with Gasteiger partial charge in [-0.15, -0.1) is 0 Å². The van der Waals surface area contributed by atoms with E-state index in [2.05, 4.69) is 5.32 Å². The van der Waals surface area contributed by atoms with Gasteiger partial charge in [-0.2, -0.15) is 0 Å². The minimum Gasteiger partial charge on any atom is -0.391 e. The number of nitrogens with two attached hydrogens (primary N) is 1. The Morgan fingerprint density at radius 2 is 2.29 bits per heavy atom. The predicted molar refractivity (Wildman–Crippen MR) is 54.6 cm³/mol. The molecule has 1 unspecified atom stereocenters. The summed E-state index contributed by atoms with van der Waals surface area (Å²) in [6.45, 7) is 2.65. The molecule has 1 aliphatic carbocycles. The summed E-state index contributed by atoms with van der Waals surface area (Å²) in [6.07, 6.45) is 3.08. The Morgan fingerprint density at radius 1 is 1.64 bits per heavy atom. The largest absolute Gasteiger partial charge is 0.391 e. The third-order valence-corrected chi connectivity index (χ3v) is 3.15. The molecule has 1 rings (SSSR count). The molecule has 1 fully saturated rings. The third-order valence-electron chi connectivity index (χ3n) is 3.15. The summed E-state index contributed by atoms with van der Waals surface area (Å²) < 4.78 is 0. The Morgan fingerprint density at radius 3 is 2.64 bits per heavy atom. The van der Waals surface area contributed by atoms with E-state index in [0.717, 1.165) is 19.3 Å².